The number of hydrogen-bond acceptors (Lipinski definition) is 2. The van der Waals surface area contributed by atoms with Gasteiger partial charge in [-0.25, -0.2) is 4.79 Å². The average Bonchev–Trinajstić information content (AvgIpc) is 2.91. The van der Waals surface area contributed by atoms with E-state index < -0.39 is 5.97 Å². The number of nitrogens with one attached hydrogen (secondary N) is 1. The number of aliphatic carboxylic acids is 1. The summed E-state index contributed by atoms with van der Waals surface area (Å²) in [4.78, 5) is 24.6. The minimum Gasteiger partial charge on any atom is -0.481 e. The van der Waals surface area contributed by atoms with E-state index in [4.69, 9.17) is 5.11 Å². The predicted octanol–water partition coefficient (Wildman–Crippen LogP) is 3.10. The molecule has 122 valence electrons. The van der Waals surface area contributed by atoms with E-state index >= 15 is 0 Å². The Balaban J connectivity index is 2.19. The van der Waals surface area contributed by atoms with Gasteiger partial charge in [0.1, 0.15) is 0 Å². The molecule has 1 saturated heterocycles. The lowest BCUT2D eigenvalue weighted by atomic mass is 9.97. The number of carbonyl (C=O) groups is 2. The van der Waals surface area contributed by atoms with Crippen molar-refractivity contribution in [2.24, 2.45) is 11.8 Å². The topological polar surface area (TPSA) is 69.6 Å². The fourth-order valence-electron chi connectivity index (χ4n) is 3.04. The number of carboxylic acid groups (broad SMARTS) is 1. The second-order valence-corrected chi connectivity index (χ2v) is 6.12. The van der Waals surface area contributed by atoms with Gasteiger partial charge in [-0.05, 0) is 37.5 Å². The van der Waals surface area contributed by atoms with E-state index in [-0.39, 0.29) is 12.5 Å². The van der Waals surface area contributed by atoms with Crippen molar-refractivity contribution >= 4 is 12.0 Å². The summed E-state index contributed by atoms with van der Waals surface area (Å²) in [5, 5.41) is 11.7. The van der Waals surface area contributed by atoms with Crippen molar-refractivity contribution in [3.8, 4) is 0 Å². The monoisotopic (exact) mass is 298 g/mol. The lowest BCUT2D eigenvalue weighted by Crippen LogP contribution is -2.39. The Bertz CT molecular complexity index is 333. The molecule has 0 saturated carbocycles. The minimum atomic E-state index is -0.739. The number of carbonyl (C=O) groups excluding carboxylic acids is 1. The maximum absolute atomic E-state index is 12.1. The van der Waals surface area contributed by atoms with E-state index in [2.05, 4.69) is 19.2 Å². The Morgan fingerprint density at radius 3 is 2.71 bits per heavy atom. The van der Waals surface area contributed by atoms with Crippen molar-refractivity contribution in [2.75, 3.05) is 19.6 Å². The summed E-state index contributed by atoms with van der Waals surface area (Å²) in [7, 11) is 0. The summed E-state index contributed by atoms with van der Waals surface area (Å²) in [6.45, 7) is 6.66. The van der Waals surface area contributed by atoms with Crippen molar-refractivity contribution in [3.05, 3.63) is 0 Å². The minimum absolute atomic E-state index is 0.0432. The smallest absolute Gasteiger partial charge is 0.317 e. The molecular formula is C16H30N2O3. The molecule has 2 N–H and O–H groups in total. The lowest BCUT2D eigenvalue weighted by molar-refractivity contribution is -0.137. The third kappa shape index (κ3) is 6.82. The fourth-order valence-corrected chi connectivity index (χ4v) is 3.04. The number of urea groups is 1. The van der Waals surface area contributed by atoms with Crippen LogP contribution in [0.5, 0.6) is 0 Å². The Morgan fingerprint density at radius 1 is 1.33 bits per heavy atom. The van der Waals surface area contributed by atoms with Crippen LogP contribution in [-0.2, 0) is 4.79 Å². The summed E-state index contributed by atoms with van der Waals surface area (Å²) in [5.41, 5.74) is 0. The molecule has 21 heavy (non-hydrogen) atoms. The number of hydrogen-bond donors (Lipinski definition) is 2. The van der Waals surface area contributed by atoms with Crippen LogP contribution in [0.3, 0.4) is 0 Å². The highest BCUT2D eigenvalue weighted by molar-refractivity contribution is 5.74. The second-order valence-electron chi connectivity index (χ2n) is 6.12. The molecule has 2 unspecified atom stereocenters. The SMILES string of the molecule is CCCC1CCN(C(=O)NCCC(CC)CCC(=O)O)C1. The normalized spacial score (nSPS) is 19.5. The highest BCUT2D eigenvalue weighted by atomic mass is 16.4. The summed E-state index contributed by atoms with van der Waals surface area (Å²) < 4.78 is 0. The number of rotatable bonds is 9. The van der Waals surface area contributed by atoms with Crippen LogP contribution >= 0.6 is 0 Å². The lowest BCUT2D eigenvalue weighted by Gasteiger charge is -2.19. The molecule has 1 aliphatic heterocycles. The number of amides is 2. The van der Waals surface area contributed by atoms with Crippen molar-refractivity contribution < 1.29 is 14.7 Å². The molecule has 1 fully saturated rings. The first-order valence-electron chi connectivity index (χ1n) is 8.31. The molecule has 5 nitrogen and oxygen atoms in total. The van der Waals surface area contributed by atoms with E-state index in [9.17, 15) is 9.59 Å². The van der Waals surface area contributed by atoms with Gasteiger partial charge in [-0.15, -0.1) is 0 Å². The summed E-state index contributed by atoms with van der Waals surface area (Å²) in [5.74, 6) is 0.309. The van der Waals surface area contributed by atoms with E-state index in [0.717, 1.165) is 32.4 Å². The molecule has 1 aliphatic rings. The van der Waals surface area contributed by atoms with E-state index in [1.165, 1.54) is 12.8 Å². The zero-order valence-corrected chi connectivity index (χ0v) is 13.4. The average molecular weight is 298 g/mol. The molecule has 0 aromatic rings. The zero-order valence-electron chi connectivity index (χ0n) is 13.4. The summed E-state index contributed by atoms with van der Waals surface area (Å²) in [6, 6.07) is 0.0432. The molecule has 0 spiro atoms. The third-order valence-corrected chi connectivity index (χ3v) is 4.44. The van der Waals surface area contributed by atoms with Gasteiger partial charge < -0.3 is 15.3 Å². The molecule has 0 aromatic heterocycles. The Kier molecular flexibility index (Phi) is 8.16. The Morgan fingerprint density at radius 2 is 2.10 bits per heavy atom. The first kappa shape index (κ1) is 17.8. The third-order valence-electron chi connectivity index (χ3n) is 4.44. The van der Waals surface area contributed by atoms with Gasteiger partial charge in [0.15, 0.2) is 0 Å². The molecule has 5 heteroatoms. The van der Waals surface area contributed by atoms with Crippen LogP contribution in [0.4, 0.5) is 4.79 Å². The summed E-state index contributed by atoms with van der Waals surface area (Å²) in [6.07, 6.45) is 6.25. The maximum Gasteiger partial charge on any atom is 0.317 e. The van der Waals surface area contributed by atoms with Crippen LogP contribution in [0.15, 0.2) is 0 Å². The quantitative estimate of drug-likeness (QED) is 0.687. The molecule has 0 radical (unpaired) electrons. The van der Waals surface area contributed by atoms with Crippen LogP contribution in [0, 0.1) is 11.8 Å². The fraction of sp³-hybridized carbons (Fsp3) is 0.875. The molecule has 0 aliphatic carbocycles. The van der Waals surface area contributed by atoms with Gasteiger partial charge in [-0.3, -0.25) is 4.79 Å². The second kappa shape index (κ2) is 9.64. The largest absolute Gasteiger partial charge is 0.481 e. The molecule has 1 heterocycles. The van der Waals surface area contributed by atoms with Crippen molar-refractivity contribution in [2.45, 2.75) is 58.8 Å². The van der Waals surface area contributed by atoms with Crippen molar-refractivity contribution in [1.29, 1.82) is 0 Å². The highest BCUT2D eigenvalue weighted by Gasteiger charge is 2.25. The van der Waals surface area contributed by atoms with Crippen molar-refractivity contribution in [1.82, 2.24) is 10.2 Å². The molecule has 1 rings (SSSR count). The molecule has 0 bridgehead atoms. The Labute approximate surface area is 128 Å². The van der Waals surface area contributed by atoms with Crippen LogP contribution in [0.1, 0.15) is 58.8 Å². The standard InChI is InChI=1S/C16H30N2O3/c1-3-5-14-9-11-18(12-14)16(21)17-10-8-13(4-2)6-7-15(19)20/h13-14H,3-12H2,1-2H3,(H,17,21)(H,19,20). The molecule has 0 aromatic carbocycles. The van der Waals surface area contributed by atoms with E-state index in [1.54, 1.807) is 0 Å². The zero-order chi connectivity index (χ0) is 15.7. The van der Waals surface area contributed by atoms with Crippen molar-refractivity contribution in [3.63, 3.8) is 0 Å². The van der Waals surface area contributed by atoms with Gasteiger partial charge >= 0.3 is 12.0 Å². The molecule has 2 atom stereocenters. The van der Waals surface area contributed by atoms with Gasteiger partial charge in [0.05, 0.1) is 0 Å². The Hall–Kier alpha value is -1.26. The molecular weight excluding hydrogens is 268 g/mol. The van der Waals surface area contributed by atoms with E-state index in [1.807, 2.05) is 4.90 Å². The van der Waals surface area contributed by atoms with Gasteiger partial charge in [0.25, 0.3) is 0 Å². The number of likely N-dealkylation sites (tertiary alicyclic amines) is 1. The first-order valence-corrected chi connectivity index (χ1v) is 8.31. The van der Waals surface area contributed by atoms with Crippen LogP contribution < -0.4 is 5.32 Å². The first-order chi connectivity index (χ1) is 10.1. The maximum atomic E-state index is 12.1. The van der Waals surface area contributed by atoms with Gasteiger partial charge in [0.2, 0.25) is 0 Å². The predicted molar refractivity (Wildman–Crippen MR) is 83.3 cm³/mol. The van der Waals surface area contributed by atoms with Gasteiger partial charge in [0, 0.05) is 26.1 Å². The molecule has 2 amide bonds. The van der Waals surface area contributed by atoms with Crippen LogP contribution in [0.25, 0.3) is 0 Å². The van der Waals surface area contributed by atoms with Gasteiger partial charge in [-0.2, -0.15) is 0 Å². The number of nitrogens with zero attached hydrogens (tertiary/aromatic N) is 1. The number of carboxylic acids is 1. The summed E-state index contributed by atoms with van der Waals surface area (Å²) >= 11 is 0. The van der Waals surface area contributed by atoms with Crippen LogP contribution in [-0.4, -0.2) is 41.6 Å². The van der Waals surface area contributed by atoms with Crippen LogP contribution in [0.2, 0.25) is 0 Å². The van der Waals surface area contributed by atoms with Gasteiger partial charge in [-0.1, -0.05) is 26.7 Å². The highest BCUT2D eigenvalue weighted by Crippen LogP contribution is 2.20. The van der Waals surface area contributed by atoms with E-state index in [0.29, 0.717) is 24.8 Å².